The number of aryl methyl sites for hydroxylation is 1. The third-order valence-corrected chi connectivity index (χ3v) is 4.21. The van der Waals surface area contributed by atoms with Crippen LogP contribution in [0.25, 0.3) is 0 Å². The largest absolute Gasteiger partial charge is 0.0843 e. The zero-order valence-electron chi connectivity index (χ0n) is 9.96. The summed E-state index contributed by atoms with van der Waals surface area (Å²) in [4.78, 5) is 0.199. The van der Waals surface area contributed by atoms with Gasteiger partial charge in [-0.25, -0.2) is 0 Å². The van der Waals surface area contributed by atoms with Gasteiger partial charge >= 0.3 is 0 Å². The molecule has 0 aromatic heterocycles. The van der Waals surface area contributed by atoms with E-state index in [0.717, 1.165) is 12.0 Å². The number of benzene rings is 2. The molecule has 0 aliphatic carbocycles. The van der Waals surface area contributed by atoms with Crippen LogP contribution in [0.4, 0.5) is 0 Å². The van der Waals surface area contributed by atoms with Gasteiger partial charge in [-0.15, -0.1) is 0 Å². The van der Waals surface area contributed by atoms with Gasteiger partial charge in [-0.2, -0.15) is 0 Å². The average molecular weight is 344 g/mol. The van der Waals surface area contributed by atoms with Crippen LogP contribution in [0.3, 0.4) is 0 Å². The van der Waals surface area contributed by atoms with E-state index < -0.39 is 0 Å². The highest BCUT2D eigenvalue weighted by Crippen LogP contribution is 2.33. The van der Waals surface area contributed by atoms with Gasteiger partial charge < -0.3 is 0 Å². The van der Waals surface area contributed by atoms with Crippen LogP contribution in [0.5, 0.6) is 0 Å². The Hall–Kier alpha value is -0.500. The van der Waals surface area contributed by atoms with Crippen LogP contribution in [-0.2, 0) is 6.42 Å². The molecule has 0 spiro atoms. The zero-order chi connectivity index (χ0) is 13.1. The van der Waals surface area contributed by atoms with Crippen molar-refractivity contribution in [2.75, 3.05) is 0 Å². The van der Waals surface area contributed by atoms with Crippen LogP contribution < -0.4 is 0 Å². The Kier molecular flexibility index (Phi) is 4.71. The normalized spacial score (nSPS) is 12.4. The van der Waals surface area contributed by atoms with E-state index in [2.05, 4.69) is 47.1 Å². The van der Waals surface area contributed by atoms with Crippen molar-refractivity contribution in [3.05, 3.63) is 69.2 Å². The first-order valence-electron chi connectivity index (χ1n) is 5.71. The number of hydrogen-bond donors (Lipinski definition) is 0. The van der Waals surface area contributed by atoms with Crippen molar-refractivity contribution < 1.29 is 0 Å². The fourth-order valence-electron chi connectivity index (χ4n) is 1.80. The van der Waals surface area contributed by atoms with E-state index in [0.29, 0.717) is 10.0 Å². The summed E-state index contributed by atoms with van der Waals surface area (Å²) in [5.74, 6) is 0. The van der Waals surface area contributed by atoms with Gasteiger partial charge in [0.1, 0.15) is 0 Å². The van der Waals surface area contributed by atoms with Gasteiger partial charge in [-0.1, -0.05) is 75.0 Å². The van der Waals surface area contributed by atoms with Crippen LogP contribution >= 0.6 is 39.1 Å². The molecule has 0 saturated carbocycles. The van der Waals surface area contributed by atoms with E-state index in [1.807, 2.05) is 12.1 Å². The van der Waals surface area contributed by atoms with Crippen molar-refractivity contribution >= 4 is 39.1 Å². The highest BCUT2D eigenvalue weighted by molar-refractivity contribution is 9.09. The predicted octanol–water partition coefficient (Wildman–Crippen LogP) is 5.98. The topological polar surface area (TPSA) is 0 Å². The molecule has 1 unspecified atom stereocenters. The minimum Gasteiger partial charge on any atom is -0.0843 e. The molecule has 0 aliphatic heterocycles. The molecule has 18 heavy (non-hydrogen) atoms. The first kappa shape index (κ1) is 13.9. The second kappa shape index (κ2) is 6.10. The smallest absolute Gasteiger partial charge is 0.0464 e. The SMILES string of the molecule is Cc1ccc(CC(Br)c2ccc(Cl)cc2Cl)cc1. The van der Waals surface area contributed by atoms with E-state index in [9.17, 15) is 0 Å². The summed E-state index contributed by atoms with van der Waals surface area (Å²) in [5, 5.41) is 1.37. The average Bonchev–Trinajstić information content (AvgIpc) is 2.32. The Morgan fingerprint density at radius 1 is 1.06 bits per heavy atom. The third kappa shape index (κ3) is 3.50. The second-order valence-electron chi connectivity index (χ2n) is 4.32. The van der Waals surface area contributed by atoms with Crippen molar-refractivity contribution in [2.24, 2.45) is 0 Å². The molecule has 0 fully saturated rings. The number of rotatable bonds is 3. The zero-order valence-corrected chi connectivity index (χ0v) is 13.1. The second-order valence-corrected chi connectivity index (χ2v) is 6.27. The minimum atomic E-state index is 0.199. The maximum Gasteiger partial charge on any atom is 0.0464 e. The Bertz CT molecular complexity index is 535. The first-order valence-corrected chi connectivity index (χ1v) is 7.38. The van der Waals surface area contributed by atoms with Gasteiger partial charge in [-0.05, 0) is 36.6 Å². The van der Waals surface area contributed by atoms with Gasteiger partial charge in [0.25, 0.3) is 0 Å². The highest BCUT2D eigenvalue weighted by atomic mass is 79.9. The van der Waals surface area contributed by atoms with Gasteiger partial charge in [0.05, 0.1) is 0 Å². The highest BCUT2D eigenvalue weighted by Gasteiger charge is 2.12. The van der Waals surface area contributed by atoms with E-state index >= 15 is 0 Å². The fourth-order valence-corrected chi connectivity index (χ4v) is 3.24. The quantitative estimate of drug-likeness (QED) is 0.601. The molecule has 0 heterocycles. The molecule has 0 nitrogen and oxygen atoms in total. The molecular formula is C15H13BrCl2. The molecule has 1 atom stereocenters. The Morgan fingerprint density at radius 2 is 1.72 bits per heavy atom. The van der Waals surface area contributed by atoms with Gasteiger partial charge in [0, 0.05) is 14.9 Å². The Balaban J connectivity index is 2.16. The summed E-state index contributed by atoms with van der Waals surface area (Å²) in [5.41, 5.74) is 3.63. The molecule has 2 rings (SSSR count). The molecule has 2 aromatic rings. The van der Waals surface area contributed by atoms with Crippen LogP contribution in [0.1, 0.15) is 21.5 Å². The van der Waals surface area contributed by atoms with Crippen LogP contribution in [0, 0.1) is 6.92 Å². The molecule has 0 bridgehead atoms. The van der Waals surface area contributed by atoms with Crippen LogP contribution in [0.15, 0.2) is 42.5 Å². The lowest BCUT2D eigenvalue weighted by Gasteiger charge is -2.12. The molecule has 0 amide bonds. The van der Waals surface area contributed by atoms with Crippen LogP contribution in [0.2, 0.25) is 10.0 Å². The lowest BCUT2D eigenvalue weighted by molar-refractivity contribution is 0.948. The van der Waals surface area contributed by atoms with Gasteiger partial charge in [0.15, 0.2) is 0 Å². The van der Waals surface area contributed by atoms with Crippen molar-refractivity contribution in [1.29, 1.82) is 0 Å². The molecule has 94 valence electrons. The van der Waals surface area contributed by atoms with Gasteiger partial charge in [-0.3, -0.25) is 0 Å². The van der Waals surface area contributed by atoms with E-state index in [-0.39, 0.29) is 4.83 Å². The number of alkyl halides is 1. The van der Waals surface area contributed by atoms with Crippen molar-refractivity contribution in [3.8, 4) is 0 Å². The molecule has 0 saturated heterocycles. The van der Waals surface area contributed by atoms with Gasteiger partial charge in [0.2, 0.25) is 0 Å². The lowest BCUT2D eigenvalue weighted by atomic mass is 10.0. The number of halogens is 3. The van der Waals surface area contributed by atoms with Crippen molar-refractivity contribution in [2.45, 2.75) is 18.2 Å². The summed E-state index contributed by atoms with van der Waals surface area (Å²) in [6, 6.07) is 14.2. The maximum atomic E-state index is 6.20. The van der Waals surface area contributed by atoms with Crippen LogP contribution in [-0.4, -0.2) is 0 Å². The number of hydrogen-bond acceptors (Lipinski definition) is 0. The molecular weight excluding hydrogens is 331 g/mol. The lowest BCUT2D eigenvalue weighted by Crippen LogP contribution is -1.96. The molecule has 0 N–H and O–H groups in total. The van der Waals surface area contributed by atoms with E-state index in [4.69, 9.17) is 23.2 Å². The van der Waals surface area contributed by atoms with E-state index in [1.165, 1.54) is 11.1 Å². The summed E-state index contributed by atoms with van der Waals surface area (Å²) < 4.78 is 0. The first-order chi connectivity index (χ1) is 8.56. The Morgan fingerprint density at radius 3 is 2.33 bits per heavy atom. The fraction of sp³-hybridized carbons (Fsp3) is 0.200. The standard InChI is InChI=1S/C15H13BrCl2/c1-10-2-4-11(5-3-10)8-14(16)13-7-6-12(17)9-15(13)18/h2-7,9,14H,8H2,1H3. The monoisotopic (exact) mass is 342 g/mol. The molecule has 3 heteroatoms. The van der Waals surface area contributed by atoms with E-state index in [1.54, 1.807) is 6.07 Å². The maximum absolute atomic E-state index is 6.20. The molecule has 0 aliphatic rings. The summed E-state index contributed by atoms with van der Waals surface area (Å²) in [6.07, 6.45) is 0.904. The Labute approximate surface area is 126 Å². The predicted molar refractivity (Wildman–Crippen MR) is 83.0 cm³/mol. The third-order valence-electron chi connectivity index (χ3n) is 2.84. The summed E-state index contributed by atoms with van der Waals surface area (Å²) in [6.45, 7) is 2.09. The molecule has 2 aromatic carbocycles. The summed E-state index contributed by atoms with van der Waals surface area (Å²) >= 11 is 15.8. The molecule has 0 radical (unpaired) electrons. The van der Waals surface area contributed by atoms with Crippen molar-refractivity contribution in [1.82, 2.24) is 0 Å². The minimum absolute atomic E-state index is 0.199. The summed E-state index contributed by atoms with van der Waals surface area (Å²) in [7, 11) is 0. The van der Waals surface area contributed by atoms with Crippen molar-refractivity contribution in [3.63, 3.8) is 0 Å².